The molecule has 0 radical (unpaired) electrons. The van der Waals surface area contributed by atoms with Gasteiger partial charge in [0.05, 0.1) is 5.02 Å². The van der Waals surface area contributed by atoms with Crippen LogP contribution in [-0.2, 0) is 10.0 Å². The number of alkyl halides is 1. The molecule has 0 amide bonds. The lowest BCUT2D eigenvalue weighted by atomic mass is 9.89. The lowest BCUT2D eigenvalue weighted by molar-refractivity contribution is 0.347. The van der Waals surface area contributed by atoms with E-state index in [0.29, 0.717) is 6.54 Å². The van der Waals surface area contributed by atoms with Gasteiger partial charge in [-0.25, -0.2) is 13.1 Å². The van der Waals surface area contributed by atoms with E-state index in [-0.39, 0.29) is 15.3 Å². The first-order chi connectivity index (χ1) is 8.99. The molecule has 2 rings (SSSR count). The molecule has 0 heterocycles. The fraction of sp³-hybridized carbons (Fsp3) is 0.538. The highest BCUT2D eigenvalue weighted by Crippen LogP contribution is 2.39. The summed E-state index contributed by atoms with van der Waals surface area (Å²) < 4.78 is 27.2. The molecular formula is C13H17BrClNO2S. The summed E-state index contributed by atoms with van der Waals surface area (Å²) in [7, 11) is -3.53. The van der Waals surface area contributed by atoms with Crippen LogP contribution >= 0.6 is 27.5 Å². The van der Waals surface area contributed by atoms with Gasteiger partial charge in [-0.3, -0.25) is 0 Å². The second-order valence-corrected chi connectivity index (χ2v) is 7.80. The van der Waals surface area contributed by atoms with Crippen molar-refractivity contribution in [2.24, 2.45) is 5.41 Å². The third-order valence-corrected chi connectivity index (χ3v) is 6.80. The molecule has 1 fully saturated rings. The van der Waals surface area contributed by atoms with Gasteiger partial charge in [0.2, 0.25) is 10.0 Å². The lowest BCUT2D eigenvalue weighted by Crippen LogP contribution is -2.37. The van der Waals surface area contributed by atoms with Gasteiger partial charge in [0.1, 0.15) is 4.90 Å². The maximum Gasteiger partial charge on any atom is 0.242 e. The predicted octanol–water partition coefficient (Wildman–Crippen LogP) is 3.57. The van der Waals surface area contributed by atoms with E-state index in [2.05, 4.69) is 20.7 Å². The van der Waals surface area contributed by atoms with Gasteiger partial charge >= 0.3 is 0 Å². The van der Waals surface area contributed by atoms with E-state index in [1.54, 1.807) is 18.2 Å². The summed E-state index contributed by atoms with van der Waals surface area (Å²) >= 11 is 9.46. The van der Waals surface area contributed by atoms with E-state index >= 15 is 0 Å². The quantitative estimate of drug-likeness (QED) is 0.810. The summed E-state index contributed by atoms with van der Waals surface area (Å²) in [5.74, 6) is 0. The molecule has 0 bridgehead atoms. The van der Waals surface area contributed by atoms with Crippen molar-refractivity contribution < 1.29 is 8.42 Å². The molecule has 0 spiro atoms. The van der Waals surface area contributed by atoms with Gasteiger partial charge in [0, 0.05) is 11.9 Å². The van der Waals surface area contributed by atoms with E-state index < -0.39 is 10.0 Å². The Bertz CT molecular complexity index is 541. The third kappa shape index (κ3) is 3.51. The van der Waals surface area contributed by atoms with Gasteiger partial charge in [0.25, 0.3) is 0 Å². The normalized spacial score (nSPS) is 18.6. The van der Waals surface area contributed by atoms with Crippen molar-refractivity contribution in [3.8, 4) is 0 Å². The Morgan fingerprint density at radius 2 is 1.89 bits per heavy atom. The molecule has 1 N–H and O–H groups in total. The van der Waals surface area contributed by atoms with Gasteiger partial charge in [-0.05, 0) is 30.4 Å². The van der Waals surface area contributed by atoms with E-state index in [0.717, 1.165) is 18.2 Å². The van der Waals surface area contributed by atoms with Crippen molar-refractivity contribution >= 4 is 37.6 Å². The number of halogens is 2. The molecular weight excluding hydrogens is 350 g/mol. The molecule has 0 aliphatic heterocycles. The number of nitrogens with one attached hydrogen (secondary N) is 1. The van der Waals surface area contributed by atoms with E-state index in [9.17, 15) is 8.42 Å². The fourth-order valence-electron chi connectivity index (χ4n) is 2.47. The molecule has 19 heavy (non-hydrogen) atoms. The first kappa shape index (κ1) is 15.3. The first-order valence-electron chi connectivity index (χ1n) is 6.29. The molecule has 0 saturated heterocycles. The molecule has 1 aromatic carbocycles. The zero-order chi connectivity index (χ0) is 13.9. The molecule has 6 heteroatoms. The molecule has 1 aliphatic rings. The summed E-state index contributed by atoms with van der Waals surface area (Å²) in [5, 5.41) is 1.08. The Balaban J connectivity index is 2.12. The lowest BCUT2D eigenvalue weighted by Gasteiger charge is -2.26. The summed E-state index contributed by atoms with van der Waals surface area (Å²) in [4.78, 5) is 0.152. The van der Waals surface area contributed by atoms with Crippen LogP contribution in [0.1, 0.15) is 25.7 Å². The van der Waals surface area contributed by atoms with Gasteiger partial charge in [-0.2, -0.15) is 0 Å². The Morgan fingerprint density at radius 1 is 1.26 bits per heavy atom. The van der Waals surface area contributed by atoms with Crippen molar-refractivity contribution in [3.05, 3.63) is 29.3 Å². The van der Waals surface area contributed by atoms with Crippen molar-refractivity contribution in [1.29, 1.82) is 0 Å². The molecule has 0 atom stereocenters. The van der Waals surface area contributed by atoms with Crippen molar-refractivity contribution in [3.63, 3.8) is 0 Å². The van der Waals surface area contributed by atoms with Crippen LogP contribution in [0.2, 0.25) is 5.02 Å². The standard InChI is InChI=1S/C13H17BrClNO2S/c14-9-13(7-3-4-8-13)10-16-19(17,18)12-6-2-1-5-11(12)15/h1-2,5-6,16H,3-4,7-10H2. The van der Waals surface area contributed by atoms with E-state index in [1.165, 1.54) is 18.9 Å². The average Bonchev–Trinajstić information content (AvgIpc) is 2.86. The van der Waals surface area contributed by atoms with Crippen molar-refractivity contribution in [1.82, 2.24) is 4.72 Å². The molecule has 1 aromatic rings. The Kier molecular flexibility index (Phi) is 4.93. The average molecular weight is 367 g/mol. The van der Waals surface area contributed by atoms with E-state index in [4.69, 9.17) is 11.6 Å². The van der Waals surface area contributed by atoms with E-state index in [1.807, 2.05) is 0 Å². The smallest absolute Gasteiger partial charge is 0.211 e. The van der Waals surface area contributed by atoms with Crippen LogP contribution in [0.4, 0.5) is 0 Å². The third-order valence-electron chi connectivity index (χ3n) is 3.71. The highest BCUT2D eigenvalue weighted by Gasteiger charge is 2.34. The largest absolute Gasteiger partial charge is 0.242 e. The number of benzene rings is 1. The Morgan fingerprint density at radius 3 is 2.47 bits per heavy atom. The van der Waals surface area contributed by atoms with Crippen LogP contribution in [0.5, 0.6) is 0 Å². The topological polar surface area (TPSA) is 46.2 Å². The van der Waals surface area contributed by atoms with Crippen LogP contribution in [0.25, 0.3) is 0 Å². The van der Waals surface area contributed by atoms with Gasteiger partial charge in [0.15, 0.2) is 0 Å². The number of sulfonamides is 1. The van der Waals surface area contributed by atoms with Gasteiger partial charge in [-0.1, -0.05) is 52.5 Å². The fourth-order valence-corrected chi connectivity index (χ4v) is 4.90. The maximum atomic E-state index is 12.3. The summed E-state index contributed by atoms with van der Waals surface area (Å²) in [6, 6.07) is 6.51. The minimum atomic E-state index is -3.53. The van der Waals surface area contributed by atoms with Gasteiger partial charge in [-0.15, -0.1) is 0 Å². The van der Waals surface area contributed by atoms with Crippen LogP contribution in [0.15, 0.2) is 29.2 Å². The van der Waals surface area contributed by atoms with Crippen molar-refractivity contribution in [2.75, 3.05) is 11.9 Å². The molecule has 106 valence electrons. The first-order valence-corrected chi connectivity index (χ1v) is 9.28. The second-order valence-electron chi connectivity index (χ2n) is 5.10. The molecule has 1 saturated carbocycles. The van der Waals surface area contributed by atoms with Crippen molar-refractivity contribution in [2.45, 2.75) is 30.6 Å². The minimum absolute atomic E-state index is 0.0499. The number of hydrogen-bond acceptors (Lipinski definition) is 2. The highest BCUT2D eigenvalue weighted by atomic mass is 79.9. The molecule has 1 aliphatic carbocycles. The predicted molar refractivity (Wildman–Crippen MR) is 81.3 cm³/mol. The number of hydrogen-bond donors (Lipinski definition) is 1. The Hall–Kier alpha value is -0.100. The summed E-state index contributed by atoms with van der Waals surface area (Å²) in [5.41, 5.74) is 0.0499. The van der Waals surface area contributed by atoms with Crippen LogP contribution in [-0.4, -0.2) is 20.3 Å². The highest BCUT2D eigenvalue weighted by molar-refractivity contribution is 9.09. The summed E-state index contributed by atoms with van der Waals surface area (Å²) in [6.07, 6.45) is 4.45. The van der Waals surface area contributed by atoms with Crippen LogP contribution in [0, 0.1) is 5.41 Å². The zero-order valence-corrected chi connectivity index (χ0v) is 13.7. The number of rotatable bonds is 5. The van der Waals surface area contributed by atoms with Crippen LogP contribution < -0.4 is 4.72 Å². The van der Waals surface area contributed by atoms with Crippen LogP contribution in [0.3, 0.4) is 0 Å². The monoisotopic (exact) mass is 365 g/mol. The molecule has 0 aromatic heterocycles. The SMILES string of the molecule is O=S(=O)(NCC1(CBr)CCCC1)c1ccccc1Cl. The Labute approximate surface area is 127 Å². The maximum absolute atomic E-state index is 12.3. The molecule has 3 nitrogen and oxygen atoms in total. The van der Waals surface area contributed by atoms with Gasteiger partial charge < -0.3 is 0 Å². The zero-order valence-electron chi connectivity index (χ0n) is 10.5. The molecule has 0 unspecified atom stereocenters. The second kappa shape index (κ2) is 6.12. The summed E-state index contributed by atoms with van der Waals surface area (Å²) in [6.45, 7) is 0.464. The minimum Gasteiger partial charge on any atom is -0.211 e.